The van der Waals surface area contributed by atoms with Crippen molar-refractivity contribution >= 4 is 27.3 Å². The van der Waals surface area contributed by atoms with E-state index in [0.29, 0.717) is 26.1 Å². The Hall–Kier alpha value is -0.920. The summed E-state index contributed by atoms with van der Waals surface area (Å²) < 4.78 is 26.4. The summed E-state index contributed by atoms with van der Waals surface area (Å²) in [5.41, 5.74) is 0. The van der Waals surface area contributed by atoms with Crippen LogP contribution in [0.4, 0.5) is 0 Å². The van der Waals surface area contributed by atoms with E-state index in [1.807, 2.05) is 24.4 Å². The molecule has 1 aliphatic rings. The molecule has 0 radical (unpaired) electrons. The number of nitrogens with one attached hydrogen (secondary N) is 1. The molecule has 0 bridgehead atoms. The van der Waals surface area contributed by atoms with Crippen LogP contribution in [-0.4, -0.2) is 44.1 Å². The number of carbonyl (C=O) groups excluding carboxylic acids is 1. The minimum absolute atomic E-state index is 0.0154. The third-order valence-electron chi connectivity index (χ3n) is 3.58. The number of rotatable bonds is 5. The molecule has 5 nitrogen and oxygen atoms in total. The van der Waals surface area contributed by atoms with E-state index in [1.54, 1.807) is 23.2 Å². The predicted octanol–water partition coefficient (Wildman–Crippen LogP) is 1.39. The highest BCUT2D eigenvalue weighted by atomic mass is 32.2. The second-order valence-corrected chi connectivity index (χ2v) is 8.00. The van der Waals surface area contributed by atoms with E-state index < -0.39 is 15.3 Å². The van der Waals surface area contributed by atoms with E-state index in [1.165, 1.54) is 0 Å². The van der Waals surface area contributed by atoms with E-state index in [0.717, 1.165) is 4.88 Å². The first kappa shape index (κ1) is 15.5. The van der Waals surface area contributed by atoms with Crippen LogP contribution in [-0.2, 0) is 14.8 Å². The molecule has 112 valence electrons. The van der Waals surface area contributed by atoms with Gasteiger partial charge >= 0.3 is 0 Å². The molecule has 1 N–H and O–H groups in total. The maximum atomic E-state index is 12.4. The Balaban J connectivity index is 2.01. The molecule has 2 rings (SSSR count). The molecule has 2 atom stereocenters. The molecular weight excluding hydrogens is 296 g/mol. The molecule has 7 heteroatoms. The lowest BCUT2D eigenvalue weighted by Crippen LogP contribution is -2.38. The second kappa shape index (κ2) is 6.24. The van der Waals surface area contributed by atoms with Crippen LogP contribution in [0.5, 0.6) is 0 Å². The van der Waals surface area contributed by atoms with Crippen molar-refractivity contribution < 1.29 is 13.2 Å². The Morgan fingerprint density at radius 3 is 2.95 bits per heavy atom. The van der Waals surface area contributed by atoms with Crippen LogP contribution in [0.2, 0.25) is 0 Å². The highest BCUT2D eigenvalue weighted by Gasteiger charge is 2.36. The summed E-state index contributed by atoms with van der Waals surface area (Å²) in [6.45, 7) is 4.83. The molecule has 2 unspecified atom stereocenters. The van der Waals surface area contributed by atoms with Gasteiger partial charge in [-0.2, -0.15) is 0 Å². The van der Waals surface area contributed by atoms with Gasteiger partial charge in [0.15, 0.2) is 0 Å². The lowest BCUT2D eigenvalue weighted by atomic mass is 10.1. The number of amides is 1. The van der Waals surface area contributed by atoms with Crippen LogP contribution in [0, 0.1) is 0 Å². The van der Waals surface area contributed by atoms with Crippen molar-refractivity contribution in [2.45, 2.75) is 31.4 Å². The lowest BCUT2D eigenvalue weighted by molar-refractivity contribution is -0.131. The largest absolute Gasteiger partial charge is 0.341 e. The maximum Gasteiger partial charge on any atom is 0.230 e. The summed E-state index contributed by atoms with van der Waals surface area (Å²) in [6.07, 6.45) is 0.512. The minimum atomic E-state index is -3.30. The maximum absolute atomic E-state index is 12.4. The van der Waals surface area contributed by atoms with E-state index >= 15 is 0 Å². The van der Waals surface area contributed by atoms with Crippen molar-refractivity contribution in [3.8, 4) is 0 Å². The summed E-state index contributed by atoms with van der Waals surface area (Å²) in [5, 5.41) is 1.46. The van der Waals surface area contributed by atoms with Gasteiger partial charge in [-0.15, -0.1) is 11.3 Å². The lowest BCUT2D eigenvalue weighted by Gasteiger charge is -2.20. The summed E-state index contributed by atoms with van der Waals surface area (Å²) in [7, 11) is -3.30. The standard InChI is InChI=1S/C13H20N2O3S2/c1-3-14-20(17,18)11-6-7-15(9-11)13(16)10(2)12-5-4-8-19-12/h4-5,8,10-11,14H,3,6-7,9H2,1-2H3. The quantitative estimate of drug-likeness (QED) is 0.893. The molecule has 1 aromatic heterocycles. The average molecular weight is 316 g/mol. The van der Waals surface area contributed by atoms with E-state index in [4.69, 9.17) is 0 Å². The fraction of sp³-hybridized carbons (Fsp3) is 0.615. The number of likely N-dealkylation sites (tertiary alicyclic amines) is 1. The molecule has 1 aliphatic heterocycles. The smallest absolute Gasteiger partial charge is 0.230 e. The first-order valence-electron chi connectivity index (χ1n) is 6.76. The second-order valence-electron chi connectivity index (χ2n) is 4.97. The van der Waals surface area contributed by atoms with Gasteiger partial charge < -0.3 is 4.90 Å². The normalized spacial score (nSPS) is 21.1. The van der Waals surface area contributed by atoms with Gasteiger partial charge in [-0.1, -0.05) is 13.0 Å². The van der Waals surface area contributed by atoms with Crippen molar-refractivity contribution in [2.75, 3.05) is 19.6 Å². The van der Waals surface area contributed by atoms with Crippen molar-refractivity contribution in [2.24, 2.45) is 0 Å². The molecule has 0 aromatic carbocycles. The van der Waals surface area contributed by atoms with Gasteiger partial charge in [0.2, 0.25) is 15.9 Å². The first-order chi connectivity index (χ1) is 9.45. The number of thiophene rings is 1. The van der Waals surface area contributed by atoms with Gasteiger partial charge in [0, 0.05) is 24.5 Å². The van der Waals surface area contributed by atoms with E-state index in [2.05, 4.69) is 4.72 Å². The van der Waals surface area contributed by atoms with Crippen molar-refractivity contribution in [1.29, 1.82) is 0 Å². The van der Waals surface area contributed by atoms with Gasteiger partial charge in [-0.25, -0.2) is 13.1 Å². The zero-order valence-corrected chi connectivity index (χ0v) is 13.3. The van der Waals surface area contributed by atoms with E-state index in [9.17, 15) is 13.2 Å². The molecule has 1 saturated heterocycles. The molecule has 1 fully saturated rings. The molecule has 20 heavy (non-hydrogen) atoms. The summed E-state index contributed by atoms with van der Waals surface area (Å²) in [5.74, 6) is -0.183. The molecule has 0 aliphatic carbocycles. The molecule has 0 spiro atoms. The Labute approximate surface area is 124 Å². The number of hydrogen-bond acceptors (Lipinski definition) is 4. The Morgan fingerprint density at radius 1 is 1.60 bits per heavy atom. The zero-order valence-electron chi connectivity index (χ0n) is 11.7. The highest BCUT2D eigenvalue weighted by Crippen LogP contribution is 2.25. The number of sulfonamides is 1. The molecular formula is C13H20N2O3S2. The monoisotopic (exact) mass is 316 g/mol. The van der Waals surface area contributed by atoms with Gasteiger partial charge in [0.05, 0.1) is 11.2 Å². The minimum Gasteiger partial charge on any atom is -0.341 e. The fourth-order valence-electron chi connectivity index (χ4n) is 2.43. The van der Waals surface area contributed by atoms with Gasteiger partial charge in [-0.3, -0.25) is 4.79 Å². The van der Waals surface area contributed by atoms with Gasteiger partial charge in [0.25, 0.3) is 0 Å². The number of hydrogen-bond donors (Lipinski definition) is 1. The third-order valence-corrected chi connectivity index (χ3v) is 6.59. The van der Waals surface area contributed by atoms with Crippen LogP contribution < -0.4 is 4.72 Å². The van der Waals surface area contributed by atoms with Crippen molar-refractivity contribution in [1.82, 2.24) is 9.62 Å². The summed E-state index contributed by atoms with van der Waals surface area (Å²) >= 11 is 1.55. The fourth-order valence-corrected chi connectivity index (χ4v) is 4.64. The predicted molar refractivity (Wildman–Crippen MR) is 80.3 cm³/mol. The zero-order chi connectivity index (χ0) is 14.8. The average Bonchev–Trinajstić information content (AvgIpc) is 3.08. The Morgan fingerprint density at radius 2 is 2.35 bits per heavy atom. The third kappa shape index (κ3) is 3.21. The topological polar surface area (TPSA) is 66.5 Å². The number of carbonyl (C=O) groups is 1. The molecule has 2 heterocycles. The van der Waals surface area contributed by atoms with E-state index in [-0.39, 0.29) is 11.8 Å². The van der Waals surface area contributed by atoms with Crippen molar-refractivity contribution in [3.05, 3.63) is 22.4 Å². The summed E-state index contributed by atoms with van der Waals surface area (Å²) in [4.78, 5) is 15.1. The van der Waals surface area contributed by atoms with Crippen molar-refractivity contribution in [3.63, 3.8) is 0 Å². The van der Waals surface area contributed by atoms with Crippen LogP contribution >= 0.6 is 11.3 Å². The first-order valence-corrected chi connectivity index (χ1v) is 9.19. The molecule has 1 amide bonds. The number of nitrogens with zero attached hydrogens (tertiary/aromatic N) is 1. The Bertz CT molecular complexity index is 554. The van der Waals surface area contributed by atoms with Crippen LogP contribution in [0.1, 0.15) is 31.1 Å². The summed E-state index contributed by atoms with van der Waals surface area (Å²) in [6, 6.07) is 3.86. The van der Waals surface area contributed by atoms with Gasteiger partial charge in [0.1, 0.15) is 0 Å². The van der Waals surface area contributed by atoms with Gasteiger partial charge in [-0.05, 0) is 24.8 Å². The van der Waals surface area contributed by atoms with Crippen LogP contribution in [0.3, 0.4) is 0 Å². The molecule has 1 aromatic rings. The highest BCUT2D eigenvalue weighted by molar-refractivity contribution is 7.90. The molecule has 0 saturated carbocycles. The van der Waals surface area contributed by atoms with Crippen LogP contribution in [0.25, 0.3) is 0 Å². The Kier molecular flexibility index (Phi) is 4.82. The van der Waals surface area contributed by atoms with Crippen LogP contribution in [0.15, 0.2) is 17.5 Å². The SMILES string of the molecule is CCNS(=O)(=O)C1CCN(C(=O)C(C)c2cccs2)C1.